The van der Waals surface area contributed by atoms with Gasteiger partial charge in [-0.05, 0) is 66.8 Å². The van der Waals surface area contributed by atoms with Gasteiger partial charge in [-0.1, -0.05) is 77.9 Å². The van der Waals surface area contributed by atoms with Gasteiger partial charge in [-0.2, -0.15) is 5.26 Å². The van der Waals surface area contributed by atoms with Gasteiger partial charge in [0.2, 0.25) is 0 Å². The van der Waals surface area contributed by atoms with Crippen LogP contribution in [0.15, 0.2) is 29.8 Å². The molecule has 5 heteroatoms. The first-order valence-corrected chi connectivity index (χ1v) is 12.9. The average molecular weight is 453 g/mol. The Morgan fingerprint density at radius 3 is 2.42 bits per heavy atom. The molecule has 0 bridgehead atoms. The Labute approximate surface area is 202 Å². The highest BCUT2D eigenvalue weighted by atomic mass is 16.5. The lowest BCUT2D eigenvalue weighted by Gasteiger charge is -2.17. The molecule has 0 amide bonds. The minimum absolute atomic E-state index is 0.0467. The number of nitrogens with zero attached hydrogens (tertiary/aromatic N) is 1. The van der Waals surface area contributed by atoms with E-state index in [0.29, 0.717) is 19.1 Å². The molecule has 1 N–H and O–H groups in total. The van der Waals surface area contributed by atoms with Crippen LogP contribution in [-0.4, -0.2) is 18.7 Å². The molecule has 4 nitrogen and oxygen atoms in total. The Hall–Kier alpha value is -1.77. The van der Waals surface area contributed by atoms with E-state index in [1.54, 1.807) is 0 Å². The summed E-state index contributed by atoms with van der Waals surface area (Å²) in [6, 6.07) is 8.11. The van der Waals surface area contributed by atoms with E-state index in [1.807, 2.05) is 31.2 Å². The summed E-state index contributed by atoms with van der Waals surface area (Å²) in [5.74, 6) is 3.03. The zero-order chi connectivity index (χ0) is 24.2. The topological polar surface area (TPSA) is 62.5 Å². The predicted octanol–water partition coefficient (Wildman–Crippen LogP) is 6.42. The zero-order valence-corrected chi connectivity index (χ0v) is 21.5. The molecular formula is C28H44BNO3. The minimum Gasteiger partial charge on any atom is -0.490 e. The van der Waals surface area contributed by atoms with Crippen LogP contribution >= 0.6 is 0 Å². The van der Waals surface area contributed by atoms with E-state index in [1.165, 1.54) is 38.5 Å². The van der Waals surface area contributed by atoms with Crippen LogP contribution in [0.1, 0.15) is 91.5 Å². The molecule has 0 saturated carbocycles. The van der Waals surface area contributed by atoms with Gasteiger partial charge >= 0.3 is 7.12 Å². The Bertz CT molecular complexity index is 786. The van der Waals surface area contributed by atoms with E-state index in [4.69, 9.17) is 9.39 Å². The summed E-state index contributed by atoms with van der Waals surface area (Å²) in [5, 5.41) is 19.4. The molecule has 1 aliphatic rings. The second-order valence-corrected chi connectivity index (χ2v) is 10.5. The Morgan fingerprint density at radius 1 is 1.09 bits per heavy atom. The van der Waals surface area contributed by atoms with Crippen LogP contribution in [0.4, 0.5) is 0 Å². The summed E-state index contributed by atoms with van der Waals surface area (Å²) in [4.78, 5) is 0. The molecule has 0 spiro atoms. The number of allylic oxidation sites excluding steroid dienone is 1. The average Bonchev–Trinajstić information content (AvgIpc) is 3.14. The number of hydrogen-bond donors (Lipinski definition) is 1. The number of fused-ring (bicyclic) bond motifs is 1. The summed E-state index contributed by atoms with van der Waals surface area (Å²) in [6.45, 7) is 12.2. The second-order valence-electron chi connectivity index (χ2n) is 10.5. The number of ether oxygens (including phenoxy) is 1. The van der Waals surface area contributed by atoms with E-state index < -0.39 is 7.12 Å². The molecule has 0 aromatic heterocycles. The van der Waals surface area contributed by atoms with Crippen molar-refractivity contribution in [3.8, 4) is 11.8 Å². The molecule has 1 aliphatic heterocycles. The van der Waals surface area contributed by atoms with E-state index in [-0.39, 0.29) is 5.92 Å². The van der Waals surface area contributed by atoms with Gasteiger partial charge in [0, 0.05) is 0 Å². The smallest absolute Gasteiger partial charge is 0.490 e. The molecule has 182 valence electrons. The van der Waals surface area contributed by atoms with Gasteiger partial charge in [0.05, 0.1) is 18.6 Å². The fourth-order valence-electron chi connectivity index (χ4n) is 4.53. The standard InChI is InChI=1S/C28H44BNO3/c1-21(2)8-6-9-22(3)10-7-11-23(4)12-13-25(19-30)24(5)16-17-32-27-14-15-28-26(18-27)20-33-29(28)31/h14-16,18,21-23,25,31H,6-13,17,20H2,1-5H3/b24-16+/t22-,23-,25?/m1/s1. The predicted molar refractivity (Wildman–Crippen MR) is 137 cm³/mol. The normalized spacial score (nSPS) is 16.4. The van der Waals surface area contributed by atoms with Crippen molar-refractivity contribution in [3.05, 3.63) is 35.4 Å². The van der Waals surface area contributed by atoms with Crippen LogP contribution < -0.4 is 10.2 Å². The van der Waals surface area contributed by atoms with E-state index in [9.17, 15) is 10.3 Å². The fourth-order valence-corrected chi connectivity index (χ4v) is 4.53. The molecule has 2 rings (SSSR count). The molecule has 1 aromatic carbocycles. The maximum atomic E-state index is 9.72. The first-order chi connectivity index (χ1) is 15.8. The van der Waals surface area contributed by atoms with Crippen molar-refractivity contribution in [3.63, 3.8) is 0 Å². The van der Waals surface area contributed by atoms with Crippen molar-refractivity contribution in [2.75, 3.05) is 6.61 Å². The third-order valence-corrected chi connectivity index (χ3v) is 6.96. The van der Waals surface area contributed by atoms with Crippen molar-refractivity contribution in [2.45, 2.75) is 92.6 Å². The van der Waals surface area contributed by atoms with Crippen LogP contribution in [0, 0.1) is 35.0 Å². The van der Waals surface area contributed by atoms with Gasteiger partial charge in [0.15, 0.2) is 0 Å². The monoisotopic (exact) mass is 453 g/mol. The molecule has 1 aromatic rings. The van der Waals surface area contributed by atoms with Gasteiger partial charge in [-0.15, -0.1) is 0 Å². The van der Waals surface area contributed by atoms with Gasteiger partial charge in [0.25, 0.3) is 0 Å². The molecule has 1 unspecified atom stereocenters. The van der Waals surface area contributed by atoms with Crippen LogP contribution in [-0.2, 0) is 11.3 Å². The van der Waals surface area contributed by atoms with Crippen LogP contribution in [0.5, 0.6) is 5.75 Å². The number of nitriles is 1. The number of rotatable bonds is 15. The molecule has 0 fully saturated rings. The Morgan fingerprint density at radius 2 is 1.76 bits per heavy atom. The fraction of sp³-hybridized carbons (Fsp3) is 0.679. The van der Waals surface area contributed by atoms with Crippen LogP contribution in [0.2, 0.25) is 0 Å². The summed E-state index contributed by atoms with van der Waals surface area (Å²) >= 11 is 0. The van der Waals surface area contributed by atoms with Crippen LogP contribution in [0.3, 0.4) is 0 Å². The number of benzene rings is 1. The quantitative estimate of drug-likeness (QED) is 0.246. The van der Waals surface area contributed by atoms with E-state index in [0.717, 1.165) is 47.0 Å². The Balaban J connectivity index is 1.66. The lowest BCUT2D eigenvalue weighted by Crippen LogP contribution is -2.27. The zero-order valence-electron chi connectivity index (χ0n) is 21.5. The van der Waals surface area contributed by atoms with Crippen molar-refractivity contribution in [1.29, 1.82) is 5.26 Å². The molecule has 1 heterocycles. The highest BCUT2D eigenvalue weighted by molar-refractivity contribution is 6.61. The number of hydrogen-bond acceptors (Lipinski definition) is 4. The van der Waals surface area contributed by atoms with E-state index >= 15 is 0 Å². The molecule has 0 saturated heterocycles. The lowest BCUT2D eigenvalue weighted by molar-refractivity contribution is 0.275. The summed E-state index contributed by atoms with van der Waals surface area (Å²) < 4.78 is 11.1. The second kappa shape index (κ2) is 14.5. The maximum absolute atomic E-state index is 9.72. The Kier molecular flexibility index (Phi) is 12.1. The van der Waals surface area contributed by atoms with Crippen LogP contribution in [0.25, 0.3) is 0 Å². The van der Waals surface area contributed by atoms with Crippen molar-refractivity contribution < 1.29 is 14.4 Å². The molecule has 3 atom stereocenters. The largest absolute Gasteiger partial charge is 0.491 e. The summed E-state index contributed by atoms with van der Waals surface area (Å²) in [5.41, 5.74) is 2.87. The molecule has 0 aliphatic carbocycles. The maximum Gasteiger partial charge on any atom is 0.491 e. The summed E-state index contributed by atoms with van der Waals surface area (Å²) in [7, 11) is -0.826. The van der Waals surface area contributed by atoms with E-state index in [2.05, 4.69) is 33.8 Å². The van der Waals surface area contributed by atoms with Gasteiger partial charge in [-0.25, -0.2) is 0 Å². The van der Waals surface area contributed by atoms with Crippen molar-refractivity contribution in [2.24, 2.45) is 23.7 Å². The SMILES string of the molecule is C/C(=C\COc1ccc2c(c1)COB2O)C(C#N)CC[C@H](C)CCC[C@H](C)CCCC(C)C. The minimum atomic E-state index is -0.826. The highest BCUT2D eigenvalue weighted by Gasteiger charge is 2.27. The van der Waals surface area contributed by atoms with Crippen molar-refractivity contribution in [1.82, 2.24) is 0 Å². The lowest BCUT2D eigenvalue weighted by atomic mass is 9.80. The first kappa shape index (κ1) is 27.5. The summed E-state index contributed by atoms with van der Waals surface area (Å²) in [6.07, 6.45) is 12.0. The third-order valence-electron chi connectivity index (χ3n) is 6.96. The van der Waals surface area contributed by atoms with Crippen molar-refractivity contribution >= 4 is 12.6 Å². The third kappa shape index (κ3) is 9.94. The van der Waals surface area contributed by atoms with Gasteiger partial charge < -0.3 is 14.4 Å². The van der Waals surface area contributed by atoms with Gasteiger partial charge in [-0.3, -0.25) is 0 Å². The van der Waals surface area contributed by atoms with Gasteiger partial charge in [0.1, 0.15) is 12.4 Å². The molecule has 0 radical (unpaired) electrons. The highest BCUT2D eigenvalue weighted by Crippen LogP contribution is 2.24. The first-order valence-electron chi connectivity index (χ1n) is 12.9. The molecular weight excluding hydrogens is 409 g/mol. The molecule has 33 heavy (non-hydrogen) atoms.